The largest absolute Gasteiger partial charge is 0.494 e. The van der Waals surface area contributed by atoms with Gasteiger partial charge in [0.25, 0.3) is 0 Å². The number of hydrogen-bond acceptors (Lipinski definition) is 4. The van der Waals surface area contributed by atoms with Crippen LogP contribution in [0.4, 0.5) is 0 Å². The molecule has 2 rings (SSSR count). The lowest BCUT2D eigenvalue weighted by Gasteiger charge is -2.37. The predicted octanol–water partition coefficient (Wildman–Crippen LogP) is 2.86. The first kappa shape index (κ1) is 21.2. The number of ether oxygens (including phenoxy) is 1. The van der Waals surface area contributed by atoms with Crippen molar-refractivity contribution in [3.05, 3.63) is 29.3 Å². The van der Waals surface area contributed by atoms with Gasteiger partial charge in [0.2, 0.25) is 5.91 Å². The Balaban J connectivity index is 1.68. The number of aryl methyl sites for hydroxylation is 2. The lowest BCUT2D eigenvalue weighted by molar-refractivity contribution is -0.140. The number of hydrogen-bond donors (Lipinski definition) is 1. The Morgan fingerprint density at radius 1 is 1.22 bits per heavy atom. The van der Waals surface area contributed by atoms with Gasteiger partial charge in [0.05, 0.1) is 13.2 Å². The van der Waals surface area contributed by atoms with Crippen LogP contribution < -0.4 is 4.74 Å². The maximum absolute atomic E-state index is 12.4. The molecule has 1 saturated heterocycles. The standard InChI is InChI=1S/C21H32N2O4/c1-4-22(15-21(25)26)18-9-11-23(12-10-18)20(24)6-5-13-27-19-8-7-16(2)17(3)14-19/h7-8,14,18H,4-6,9-13,15H2,1-3H3,(H,25,26). The van der Waals surface area contributed by atoms with Gasteiger partial charge in [-0.2, -0.15) is 0 Å². The Hall–Kier alpha value is -2.08. The van der Waals surface area contributed by atoms with Crippen molar-refractivity contribution < 1.29 is 19.4 Å². The molecule has 1 aliphatic rings. The van der Waals surface area contributed by atoms with Crippen LogP contribution in [-0.4, -0.2) is 65.6 Å². The lowest BCUT2D eigenvalue weighted by atomic mass is 10.0. The Labute approximate surface area is 162 Å². The van der Waals surface area contributed by atoms with Gasteiger partial charge in [0.15, 0.2) is 0 Å². The van der Waals surface area contributed by atoms with Gasteiger partial charge >= 0.3 is 5.97 Å². The monoisotopic (exact) mass is 376 g/mol. The van der Waals surface area contributed by atoms with E-state index in [0.29, 0.717) is 32.5 Å². The lowest BCUT2D eigenvalue weighted by Crippen LogP contribution is -2.48. The van der Waals surface area contributed by atoms with E-state index in [-0.39, 0.29) is 18.5 Å². The summed E-state index contributed by atoms with van der Waals surface area (Å²) in [6.45, 7) is 8.86. The summed E-state index contributed by atoms with van der Waals surface area (Å²) in [6, 6.07) is 6.29. The maximum Gasteiger partial charge on any atom is 0.317 e. The van der Waals surface area contributed by atoms with Crippen LogP contribution in [0.15, 0.2) is 18.2 Å². The van der Waals surface area contributed by atoms with Crippen molar-refractivity contribution in [2.45, 2.75) is 52.5 Å². The van der Waals surface area contributed by atoms with Crippen LogP contribution in [0.3, 0.4) is 0 Å². The fourth-order valence-electron chi connectivity index (χ4n) is 3.53. The molecule has 0 atom stereocenters. The molecule has 0 bridgehead atoms. The van der Waals surface area contributed by atoms with Gasteiger partial charge in [0, 0.05) is 25.6 Å². The van der Waals surface area contributed by atoms with Crippen molar-refractivity contribution in [2.75, 3.05) is 32.8 Å². The summed E-state index contributed by atoms with van der Waals surface area (Å²) in [6.07, 6.45) is 2.87. The second kappa shape index (κ2) is 10.3. The van der Waals surface area contributed by atoms with Gasteiger partial charge < -0.3 is 14.7 Å². The molecule has 1 N–H and O–H groups in total. The van der Waals surface area contributed by atoms with E-state index < -0.39 is 5.97 Å². The number of benzene rings is 1. The third kappa shape index (κ3) is 6.54. The number of likely N-dealkylation sites (tertiary alicyclic amines) is 1. The summed E-state index contributed by atoms with van der Waals surface area (Å²) >= 11 is 0. The van der Waals surface area contributed by atoms with Crippen molar-refractivity contribution >= 4 is 11.9 Å². The number of nitrogens with zero attached hydrogens (tertiary/aromatic N) is 2. The number of rotatable bonds is 9. The molecule has 1 aromatic rings. The molecule has 1 aliphatic heterocycles. The van der Waals surface area contributed by atoms with Crippen LogP contribution in [0.25, 0.3) is 0 Å². The smallest absolute Gasteiger partial charge is 0.317 e. The van der Waals surface area contributed by atoms with Gasteiger partial charge in [-0.1, -0.05) is 13.0 Å². The molecule has 6 heteroatoms. The molecule has 0 spiro atoms. The number of likely N-dealkylation sites (N-methyl/N-ethyl adjacent to an activating group) is 1. The third-order valence-corrected chi connectivity index (χ3v) is 5.36. The molecular formula is C21H32N2O4. The number of amides is 1. The van der Waals surface area contributed by atoms with Crippen molar-refractivity contribution in [3.63, 3.8) is 0 Å². The van der Waals surface area contributed by atoms with Crippen LogP contribution in [-0.2, 0) is 9.59 Å². The zero-order valence-electron chi connectivity index (χ0n) is 16.7. The topological polar surface area (TPSA) is 70.1 Å². The van der Waals surface area contributed by atoms with Crippen LogP contribution >= 0.6 is 0 Å². The Morgan fingerprint density at radius 3 is 2.52 bits per heavy atom. The number of carboxylic acid groups (broad SMARTS) is 1. The molecule has 0 radical (unpaired) electrons. The van der Waals surface area contributed by atoms with E-state index in [0.717, 1.165) is 25.1 Å². The first-order valence-corrected chi connectivity index (χ1v) is 9.84. The van der Waals surface area contributed by atoms with Crippen LogP contribution in [0, 0.1) is 13.8 Å². The van der Waals surface area contributed by atoms with Gasteiger partial charge in [-0.3, -0.25) is 14.5 Å². The molecular weight excluding hydrogens is 344 g/mol. The van der Waals surface area contributed by atoms with Gasteiger partial charge in [-0.15, -0.1) is 0 Å². The molecule has 0 aliphatic carbocycles. The SMILES string of the molecule is CCN(CC(=O)O)C1CCN(C(=O)CCCOc2ccc(C)c(C)c2)CC1. The minimum absolute atomic E-state index is 0.0743. The number of carbonyl (C=O) groups excluding carboxylic acids is 1. The highest BCUT2D eigenvalue weighted by Gasteiger charge is 2.26. The van der Waals surface area contributed by atoms with E-state index in [1.165, 1.54) is 11.1 Å². The zero-order valence-corrected chi connectivity index (χ0v) is 16.7. The minimum atomic E-state index is -0.792. The molecule has 1 fully saturated rings. The van der Waals surface area contributed by atoms with Gasteiger partial charge in [0.1, 0.15) is 5.75 Å². The summed E-state index contributed by atoms with van der Waals surface area (Å²) < 4.78 is 5.75. The summed E-state index contributed by atoms with van der Waals surface area (Å²) in [5, 5.41) is 9.00. The van der Waals surface area contributed by atoms with Crippen molar-refractivity contribution in [3.8, 4) is 5.75 Å². The molecule has 0 saturated carbocycles. The highest BCUT2D eigenvalue weighted by molar-refractivity contribution is 5.76. The van der Waals surface area contributed by atoms with Crippen molar-refractivity contribution in [2.24, 2.45) is 0 Å². The Kier molecular flexibility index (Phi) is 8.10. The summed E-state index contributed by atoms with van der Waals surface area (Å²) in [5.41, 5.74) is 2.45. The predicted molar refractivity (Wildman–Crippen MR) is 105 cm³/mol. The quantitative estimate of drug-likeness (QED) is 0.671. The van der Waals surface area contributed by atoms with E-state index in [4.69, 9.17) is 9.84 Å². The molecule has 1 amide bonds. The van der Waals surface area contributed by atoms with Gasteiger partial charge in [-0.25, -0.2) is 0 Å². The van der Waals surface area contributed by atoms with Crippen LogP contribution in [0.5, 0.6) is 5.75 Å². The molecule has 6 nitrogen and oxygen atoms in total. The number of carbonyl (C=O) groups is 2. The maximum atomic E-state index is 12.4. The van der Waals surface area contributed by atoms with Crippen LogP contribution in [0.2, 0.25) is 0 Å². The summed E-state index contributed by atoms with van der Waals surface area (Å²) in [7, 11) is 0. The zero-order chi connectivity index (χ0) is 19.8. The molecule has 150 valence electrons. The third-order valence-electron chi connectivity index (χ3n) is 5.36. The molecule has 0 unspecified atom stereocenters. The molecule has 27 heavy (non-hydrogen) atoms. The number of piperidine rings is 1. The van der Waals surface area contributed by atoms with Crippen molar-refractivity contribution in [1.82, 2.24) is 9.80 Å². The summed E-state index contributed by atoms with van der Waals surface area (Å²) in [5.74, 6) is 0.224. The average molecular weight is 376 g/mol. The first-order chi connectivity index (χ1) is 12.9. The van der Waals surface area contributed by atoms with E-state index in [9.17, 15) is 9.59 Å². The molecule has 1 aromatic carbocycles. The van der Waals surface area contributed by atoms with Crippen molar-refractivity contribution in [1.29, 1.82) is 0 Å². The van der Waals surface area contributed by atoms with E-state index in [2.05, 4.69) is 13.8 Å². The fourth-order valence-corrected chi connectivity index (χ4v) is 3.53. The number of carboxylic acids is 1. The average Bonchev–Trinajstić information content (AvgIpc) is 2.66. The highest BCUT2D eigenvalue weighted by Crippen LogP contribution is 2.19. The van der Waals surface area contributed by atoms with E-state index in [1.807, 2.05) is 34.9 Å². The van der Waals surface area contributed by atoms with Gasteiger partial charge in [-0.05, 0) is 62.9 Å². The first-order valence-electron chi connectivity index (χ1n) is 9.84. The fraction of sp³-hybridized carbons (Fsp3) is 0.619. The van der Waals surface area contributed by atoms with E-state index in [1.54, 1.807) is 0 Å². The molecule has 1 heterocycles. The van der Waals surface area contributed by atoms with Crippen LogP contribution in [0.1, 0.15) is 43.7 Å². The number of aliphatic carboxylic acids is 1. The minimum Gasteiger partial charge on any atom is -0.494 e. The second-order valence-corrected chi connectivity index (χ2v) is 7.27. The second-order valence-electron chi connectivity index (χ2n) is 7.27. The Bertz CT molecular complexity index is 639. The molecule has 0 aromatic heterocycles. The summed E-state index contributed by atoms with van der Waals surface area (Å²) in [4.78, 5) is 27.2. The van der Waals surface area contributed by atoms with E-state index >= 15 is 0 Å². The highest BCUT2D eigenvalue weighted by atomic mass is 16.5. The Morgan fingerprint density at radius 2 is 1.93 bits per heavy atom. The normalized spacial score (nSPS) is 15.2.